The van der Waals surface area contributed by atoms with Crippen LogP contribution in [0.1, 0.15) is 16.8 Å². The van der Waals surface area contributed by atoms with Crippen LogP contribution in [0.15, 0.2) is 18.2 Å². The first kappa shape index (κ1) is 11.1. The number of carboxylic acids is 1. The molecule has 1 atom stereocenters. The van der Waals surface area contributed by atoms with Gasteiger partial charge in [0.25, 0.3) is 0 Å². The molecule has 0 aromatic heterocycles. The van der Waals surface area contributed by atoms with Gasteiger partial charge in [-0.2, -0.15) is 11.8 Å². The van der Waals surface area contributed by atoms with Gasteiger partial charge in [0.2, 0.25) is 0 Å². The van der Waals surface area contributed by atoms with Gasteiger partial charge in [-0.15, -0.1) is 0 Å². The first-order valence-electron chi connectivity index (χ1n) is 5.14. The second kappa shape index (κ2) is 4.65. The van der Waals surface area contributed by atoms with Crippen LogP contribution in [0.4, 0.5) is 11.4 Å². The number of hydrogen-bond donors (Lipinski definition) is 3. The SMILES string of the molecule is Nc1c(NC2CCSC2)cccc1C(=O)O. The van der Waals surface area contributed by atoms with Crippen LogP contribution in [0, 0.1) is 0 Å². The first-order chi connectivity index (χ1) is 7.68. The third kappa shape index (κ3) is 2.24. The van der Waals surface area contributed by atoms with Gasteiger partial charge < -0.3 is 16.2 Å². The monoisotopic (exact) mass is 238 g/mol. The number of para-hydroxylation sites is 1. The van der Waals surface area contributed by atoms with Gasteiger partial charge in [0.05, 0.1) is 16.9 Å². The molecule has 0 spiro atoms. The number of nitrogen functional groups attached to an aromatic ring is 1. The quantitative estimate of drug-likeness (QED) is 0.701. The Morgan fingerprint density at radius 3 is 3.00 bits per heavy atom. The minimum absolute atomic E-state index is 0.163. The van der Waals surface area contributed by atoms with Gasteiger partial charge in [-0.05, 0) is 24.3 Å². The summed E-state index contributed by atoms with van der Waals surface area (Å²) >= 11 is 1.90. The van der Waals surface area contributed by atoms with Crippen molar-refractivity contribution in [2.24, 2.45) is 0 Å². The number of anilines is 2. The molecule has 16 heavy (non-hydrogen) atoms. The highest BCUT2D eigenvalue weighted by Crippen LogP contribution is 2.27. The number of nitrogens with two attached hydrogens (primary N) is 1. The summed E-state index contributed by atoms with van der Waals surface area (Å²) in [4.78, 5) is 10.9. The molecule has 1 aliphatic rings. The summed E-state index contributed by atoms with van der Waals surface area (Å²) in [6.45, 7) is 0. The zero-order chi connectivity index (χ0) is 11.5. The molecule has 0 aliphatic carbocycles. The van der Waals surface area contributed by atoms with Crippen LogP contribution in [0.3, 0.4) is 0 Å². The molecule has 1 aromatic carbocycles. The van der Waals surface area contributed by atoms with Gasteiger partial charge >= 0.3 is 5.97 Å². The fourth-order valence-corrected chi connectivity index (χ4v) is 2.90. The first-order valence-corrected chi connectivity index (χ1v) is 6.30. The van der Waals surface area contributed by atoms with Crippen molar-refractivity contribution in [1.29, 1.82) is 0 Å². The third-order valence-electron chi connectivity index (χ3n) is 2.63. The summed E-state index contributed by atoms with van der Waals surface area (Å²) in [5.74, 6) is 1.22. The lowest BCUT2D eigenvalue weighted by Crippen LogP contribution is -2.19. The number of carboxylic acid groups (broad SMARTS) is 1. The van der Waals surface area contributed by atoms with Gasteiger partial charge in [-0.25, -0.2) is 4.79 Å². The second-order valence-corrected chi connectivity index (χ2v) is 4.93. The van der Waals surface area contributed by atoms with E-state index in [1.165, 1.54) is 6.07 Å². The Balaban J connectivity index is 2.20. The van der Waals surface area contributed by atoms with E-state index in [1.807, 2.05) is 17.8 Å². The van der Waals surface area contributed by atoms with Crippen LogP contribution >= 0.6 is 11.8 Å². The summed E-state index contributed by atoms with van der Waals surface area (Å²) in [5, 5.41) is 12.2. The van der Waals surface area contributed by atoms with Crippen LogP contribution in [-0.2, 0) is 0 Å². The topological polar surface area (TPSA) is 75.3 Å². The predicted molar refractivity (Wildman–Crippen MR) is 67.2 cm³/mol. The smallest absolute Gasteiger partial charge is 0.337 e. The number of rotatable bonds is 3. The van der Waals surface area contributed by atoms with E-state index in [1.54, 1.807) is 6.07 Å². The van der Waals surface area contributed by atoms with Crippen molar-refractivity contribution >= 4 is 29.1 Å². The van der Waals surface area contributed by atoms with E-state index in [0.717, 1.165) is 23.6 Å². The number of carbonyl (C=O) groups is 1. The maximum absolute atomic E-state index is 10.9. The Hall–Kier alpha value is -1.36. The highest BCUT2D eigenvalue weighted by molar-refractivity contribution is 7.99. The van der Waals surface area contributed by atoms with E-state index in [4.69, 9.17) is 10.8 Å². The van der Waals surface area contributed by atoms with Gasteiger partial charge in [0.15, 0.2) is 0 Å². The molecule has 1 saturated heterocycles. The lowest BCUT2D eigenvalue weighted by molar-refractivity contribution is 0.0698. The average Bonchev–Trinajstić information content (AvgIpc) is 2.73. The van der Waals surface area contributed by atoms with Crippen molar-refractivity contribution in [2.75, 3.05) is 22.6 Å². The van der Waals surface area contributed by atoms with E-state index in [2.05, 4.69) is 5.32 Å². The number of hydrogen-bond acceptors (Lipinski definition) is 4. The van der Waals surface area contributed by atoms with Gasteiger partial charge in [-0.1, -0.05) is 6.07 Å². The van der Waals surface area contributed by atoms with Crippen molar-refractivity contribution in [2.45, 2.75) is 12.5 Å². The Morgan fingerprint density at radius 2 is 2.38 bits per heavy atom. The molecular weight excluding hydrogens is 224 g/mol. The fraction of sp³-hybridized carbons (Fsp3) is 0.364. The minimum Gasteiger partial charge on any atom is -0.478 e. The highest BCUT2D eigenvalue weighted by Gasteiger charge is 2.17. The summed E-state index contributed by atoms with van der Waals surface area (Å²) < 4.78 is 0. The molecule has 1 fully saturated rings. The van der Waals surface area contributed by atoms with Gasteiger partial charge in [0.1, 0.15) is 0 Å². The Morgan fingerprint density at radius 1 is 1.56 bits per heavy atom. The van der Waals surface area contributed by atoms with Crippen LogP contribution in [-0.4, -0.2) is 28.6 Å². The maximum atomic E-state index is 10.9. The summed E-state index contributed by atoms with van der Waals surface area (Å²) in [7, 11) is 0. The zero-order valence-corrected chi connectivity index (χ0v) is 9.59. The number of thioether (sulfide) groups is 1. The van der Waals surface area contributed by atoms with Crippen molar-refractivity contribution < 1.29 is 9.90 Å². The standard InChI is InChI=1S/C11H14N2O2S/c12-10-8(11(14)15)2-1-3-9(10)13-7-4-5-16-6-7/h1-3,7,13H,4-6,12H2,(H,14,15). The largest absolute Gasteiger partial charge is 0.478 e. The number of aromatic carboxylic acids is 1. The van der Waals surface area contributed by atoms with Crippen molar-refractivity contribution in [3.05, 3.63) is 23.8 Å². The second-order valence-electron chi connectivity index (χ2n) is 3.78. The van der Waals surface area contributed by atoms with Crippen LogP contribution in [0.2, 0.25) is 0 Å². The van der Waals surface area contributed by atoms with Crippen molar-refractivity contribution in [3.8, 4) is 0 Å². The summed E-state index contributed by atoms with van der Waals surface area (Å²) in [6, 6.07) is 5.46. The van der Waals surface area contributed by atoms with E-state index in [0.29, 0.717) is 11.7 Å². The Kier molecular flexibility index (Phi) is 3.24. The average molecular weight is 238 g/mol. The zero-order valence-electron chi connectivity index (χ0n) is 8.77. The molecule has 0 bridgehead atoms. The molecule has 0 amide bonds. The van der Waals surface area contributed by atoms with E-state index >= 15 is 0 Å². The lowest BCUT2D eigenvalue weighted by atomic mass is 10.1. The number of nitrogens with one attached hydrogen (secondary N) is 1. The Bertz CT molecular complexity index is 403. The molecule has 4 nitrogen and oxygen atoms in total. The minimum atomic E-state index is -0.984. The third-order valence-corrected chi connectivity index (χ3v) is 3.79. The molecular formula is C11H14N2O2S. The van der Waals surface area contributed by atoms with Crippen LogP contribution < -0.4 is 11.1 Å². The molecule has 5 heteroatoms. The summed E-state index contributed by atoms with van der Waals surface area (Å²) in [6.07, 6.45) is 1.10. The van der Waals surface area contributed by atoms with E-state index in [9.17, 15) is 4.79 Å². The van der Waals surface area contributed by atoms with Crippen molar-refractivity contribution in [3.63, 3.8) is 0 Å². The van der Waals surface area contributed by atoms with E-state index < -0.39 is 5.97 Å². The molecule has 0 radical (unpaired) electrons. The van der Waals surface area contributed by atoms with Gasteiger partial charge in [-0.3, -0.25) is 0 Å². The van der Waals surface area contributed by atoms with Crippen molar-refractivity contribution in [1.82, 2.24) is 0 Å². The van der Waals surface area contributed by atoms with E-state index in [-0.39, 0.29) is 5.56 Å². The van der Waals surface area contributed by atoms with Gasteiger partial charge in [0, 0.05) is 11.8 Å². The molecule has 86 valence electrons. The molecule has 4 N–H and O–H groups in total. The molecule has 1 aromatic rings. The van der Waals surface area contributed by atoms with Crippen LogP contribution in [0.25, 0.3) is 0 Å². The lowest BCUT2D eigenvalue weighted by Gasteiger charge is -2.15. The molecule has 2 rings (SSSR count). The highest BCUT2D eigenvalue weighted by atomic mass is 32.2. The fourth-order valence-electron chi connectivity index (χ4n) is 1.75. The normalized spacial score (nSPS) is 19.6. The Labute approximate surface area is 98.2 Å². The van der Waals surface area contributed by atoms with Crippen LogP contribution in [0.5, 0.6) is 0 Å². The molecule has 1 heterocycles. The maximum Gasteiger partial charge on any atom is 0.337 e. The molecule has 1 unspecified atom stereocenters. The molecule has 0 saturated carbocycles. The summed E-state index contributed by atoms with van der Waals surface area (Å²) in [5.41, 5.74) is 7.03. The molecule has 1 aliphatic heterocycles. The number of benzene rings is 1. The predicted octanol–water partition coefficient (Wildman–Crippen LogP) is 1.88.